The lowest BCUT2D eigenvalue weighted by Crippen LogP contribution is -2.27. The predicted molar refractivity (Wildman–Crippen MR) is 132 cm³/mol. The van der Waals surface area contributed by atoms with Crippen molar-refractivity contribution in [2.45, 2.75) is 13.2 Å². The van der Waals surface area contributed by atoms with Crippen LogP contribution in [0.3, 0.4) is 0 Å². The Morgan fingerprint density at radius 2 is 1.86 bits per heavy atom. The highest BCUT2D eigenvalue weighted by atomic mass is 32.2. The summed E-state index contributed by atoms with van der Waals surface area (Å²) in [6.07, 6.45) is 1.26. The van der Waals surface area contributed by atoms with Gasteiger partial charge in [0.2, 0.25) is 5.76 Å². The van der Waals surface area contributed by atoms with Crippen LogP contribution in [0.2, 0.25) is 0 Å². The number of methoxy groups -OCH3 is 2. The van der Waals surface area contributed by atoms with Gasteiger partial charge in [0, 0.05) is 0 Å². The zero-order valence-corrected chi connectivity index (χ0v) is 20.5. The Balaban J connectivity index is 1.58. The molecule has 37 heavy (non-hydrogen) atoms. The van der Waals surface area contributed by atoms with Gasteiger partial charge in [0.1, 0.15) is 12.4 Å². The molecule has 190 valence electrons. The quantitative estimate of drug-likeness (QED) is 0.166. The third-order valence-corrected chi connectivity index (χ3v) is 6.18. The van der Waals surface area contributed by atoms with Gasteiger partial charge >= 0.3 is 5.97 Å². The zero-order valence-electron chi connectivity index (χ0n) is 19.7. The second-order valence-corrected chi connectivity index (χ2v) is 8.61. The third kappa shape index (κ3) is 5.64. The van der Waals surface area contributed by atoms with E-state index < -0.39 is 22.0 Å². The van der Waals surface area contributed by atoms with Crippen molar-refractivity contribution in [3.05, 3.63) is 92.3 Å². The minimum Gasteiger partial charge on any atom is -0.493 e. The van der Waals surface area contributed by atoms with E-state index in [4.69, 9.17) is 13.9 Å². The van der Waals surface area contributed by atoms with E-state index in [0.29, 0.717) is 11.8 Å². The normalized spacial score (nSPS) is 14.2. The second kappa shape index (κ2) is 11.0. The highest BCUT2D eigenvalue weighted by Gasteiger charge is 2.36. The summed E-state index contributed by atoms with van der Waals surface area (Å²) in [7, 11) is 2.59. The van der Waals surface area contributed by atoms with Gasteiger partial charge in [-0.1, -0.05) is 30.3 Å². The number of nitrogens with zero attached hydrogens (tertiary/aromatic N) is 2. The van der Waals surface area contributed by atoms with Crippen molar-refractivity contribution < 1.29 is 37.9 Å². The highest BCUT2D eigenvalue weighted by molar-refractivity contribution is 8.18. The number of imide groups is 1. The lowest BCUT2D eigenvalue weighted by molar-refractivity contribution is -0.385. The summed E-state index contributed by atoms with van der Waals surface area (Å²) < 4.78 is 21.0. The maximum absolute atomic E-state index is 12.9. The summed E-state index contributed by atoms with van der Waals surface area (Å²) >= 11 is 0.630. The van der Waals surface area contributed by atoms with Crippen molar-refractivity contribution in [3.63, 3.8) is 0 Å². The standard InChI is InChI=1S/C25H20N2O9S/c1-33-20-10-16(18(27(31)32)12-21(20)35-14-15-6-4-3-5-7-15)11-22-23(28)26(25(30)37-22)13-17-8-9-19(36-17)24(29)34-2/h3-12H,13-14H2,1-2H3/b22-11+. The Bertz CT molecular complexity index is 1400. The van der Waals surface area contributed by atoms with Gasteiger partial charge in [0.15, 0.2) is 11.5 Å². The smallest absolute Gasteiger partial charge is 0.373 e. The number of benzene rings is 2. The number of hydrogen-bond acceptors (Lipinski definition) is 10. The molecule has 0 saturated carbocycles. The fourth-order valence-corrected chi connectivity index (χ4v) is 4.28. The van der Waals surface area contributed by atoms with Gasteiger partial charge in [-0.2, -0.15) is 0 Å². The maximum Gasteiger partial charge on any atom is 0.373 e. The van der Waals surface area contributed by atoms with Crippen LogP contribution in [0.15, 0.2) is 63.9 Å². The third-order valence-electron chi connectivity index (χ3n) is 5.27. The predicted octanol–water partition coefficient (Wildman–Crippen LogP) is 4.80. The Hall–Kier alpha value is -4.58. The molecule has 11 nitrogen and oxygen atoms in total. The molecule has 2 amide bonds. The van der Waals surface area contributed by atoms with Gasteiger partial charge in [0.25, 0.3) is 16.8 Å². The molecule has 1 aromatic heterocycles. The van der Waals surface area contributed by atoms with E-state index in [0.717, 1.165) is 10.5 Å². The molecular formula is C25H20N2O9S. The van der Waals surface area contributed by atoms with Crippen LogP contribution in [0.1, 0.15) is 27.4 Å². The van der Waals surface area contributed by atoms with Gasteiger partial charge in [-0.05, 0) is 41.6 Å². The number of hydrogen-bond donors (Lipinski definition) is 0. The molecule has 1 aliphatic heterocycles. The molecule has 0 radical (unpaired) electrons. The van der Waals surface area contributed by atoms with Crippen molar-refractivity contribution in [3.8, 4) is 11.5 Å². The summed E-state index contributed by atoms with van der Waals surface area (Å²) in [6.45, 7) is -0.0618. The number of nitro benzene ring substituents is 1. The molecule has 0 N–H and O–H groups in total. The van der Waals surface area contributed by atoms with Gasteiger partial charge < -0.3 is 18.6 Å². The number of amides is 2. The van der Waals surface area contributed by atoms with Crippen molar-refractivity contribution in [2.75, 3.05) is 14.2 Å². The SMILES string of the molecule is COC(=O)c1ccc(CN2C(=O)S/C(=C/c3cc(OC)c(OCc4ccccc4)cc3[N+](=O)[O-])C2=O)o1. The summed E-state index contributed by atoms with van der Waals surface area (Å²) in [4.78, 5) is 49.1. The molecule has 12 heteroatoms. The molecule has 2 aromatic carbocycles. The number of thioether (sulfide) groups is 1. The average molecular weight is 525 g/mol. The van der Waals surface area contributed by atoms with Crippen LogP contribution in [0.4, 0.5) is 10.5 Å². The van der Waals surface area contributed by atoms with Gasteiger partial charge in [-0.15, -0.1) is 0 Å². The van der Waals surface area contributed by atoms with E-state index in [2.05, 4.69) is 4.74 Å². The van der Waals surface area contributed by atoms with Crippen LogP contribution >= 0.6 is 11.8 Å². The minimum atomic E-state index is -0.697. The monoisotopic (exact) mass is 524 g/mol. The van der Waals surface area contributed by atoms with Gasteiger partial charge in [0.05, 0.1) is 42.2 Å². The summed E-state index contributed by atoms with van der Waals surface area (Å²) in [6, 6.07) is 14.7. The molecule has 2 heterocycles. The van der Waals surface area contributed by atoms with E-state index in [9.17, 15) is 24.5 Å². The van der Waals surface area contributed by atoms with Gasteiger partial charge in [-0.3, -0.25) is 24.6 Å². The maximum atomic E-state index is 12.9. The molecule has 0 atom stereocenters. The Morgan fingerprint density at radius 1 is 1.11 bits per heavy atom. The van der Waals surface area contributed by atoms with Crippen molar-refractivity contribution in [2.24, 2.45) is 0 Å². The first-order chi connectivity index (χ1) is 17.8. The zero-order chi connectivity index (χ0) is 26.5. The molecule has 1 aliphatic rings. The fraction of sp³-hybridized carbons (Fsp3) is 0.160. The number of esters is 1. The van der Waals surface area contributed by atoms with E-state index in [-0.39, 0.29) is 52.3 Å². The largest absolute Gasteiger partial charge is 0.493 e. The Labute approximate surface area is 214 Å². The van der Waals surface area contributed by atoms with Crippen LogP contribution in [0.5, 0.6) is 11.5 Å². The molecule has 1 saturated heterocycles. The van der Waals surface area contributed by atoms with Crippen LogP contribution in [-0.2, 0) is 22.7 Å². The molecule has 1 fully saturated rings. The van der Waals surface area contributed by atoms with Gasteiger partial charge in [-0.25, -0.2) is 4.79 Å². The number of nitro groups is 1. The van der Waals surface area contributed by atoms with E-state index >= 15 is 0 Å². The van der Waals surface area contributed by atoms with Crippen molar-refractivity contribution in [1.82, 2.24) is 4.90 Å². The Morgan fingerprint density at radius 3 is 2.54 bits per heavy atom. The fourth-order valence-electron chi connectivity index (χ4n) is 3.45. The average Bonchev–Trinajstić information content (AvgIpc) is 3.48. The summed E-state index contributed by atoms with van der Waals surface area (Å²) in [5, 5.41) is 11.2. The number of carbonyl (C=O) groups is 3. The molecule has 4 rings (SSSR count). The first-order valence-electron chi connectivity index (χ1n) is 10.8. The van der Waals surface area contributed by atoms with E-state index in [1.54, 1.807) is 0 Å². The molecule has 3 aromatic rings. The van der Waals surface area contributed by atoms with Crippen molar-refractivity contribution in [1.29, 1.82) is 0 Å². The van der Waals surface area contributed by atoms with Crippen molar-refractivity contribution >= 4 is 40.6 Å². The lowest BCUT2D eigenvalue weighted by Gasteiger charge is -2.12. The molecule has 0 unspecified atom stereocenters. The van der Waals surface area contributed by atoms with Crippen LogP contribution in [0.25, 0.3) is 6.08 Å². The van der Waals surface area contributed by atoms with Crippen LogP contribution < -0.4 is 9.47 Å². The highest BCUT2D eigenvalue weighted by Crippen LogP contribution is 2.39. The topological polar surface area (TPSA) is 138 Å². The lowest BCUT2D eigenvalue weighted by atomic mass is 10.1. The second-order valence-electron chi connectivity index (χ2n) is 7.62. The molecular weight excluding hydrogens is 504 g/mol. The molecule has 0 spiro atoms. The van der Waals surface area contributed by atoms with Crippen LogP contribution in [0, 0.1) is 10.1 Å². The molecule has 0 aliphatic carbocycles. The van der Waals surface area contributed by atoms with E-state index in [1.165, 1.54) is 44.6 Å². The first kappa shape index (κ1) is 25.5. The number of carbonyl (C=O) groups excluding carboxylic acids is 3. The van der Waals surface area contributed by atoms with Crippen LogP contribution in [-0.4, -0.2) is 41.2 Å². The first-order valence-corrected chi connectivity index (χ1v) is 11.6. The number of furan rings is 1. The summed E-state index contributed by atoms with van der Waals surface area (Å²) in [5.41, 5.74) is 0.593. The number of ether oxygens (including phenoxy) is 3. The minimum absolute atomic E-state index is 0.0205. The summed E-state index contributed by atoms with van der Waals surface area (Å²) in [5.74, 6) is -0.865. The number of rotatable bonds is 9. The molecule has 0 bridgehead atoms. The van der Waals surface area contributed by atoms with E-state index in [1.807, 2.05) is 30.3 Å². The Kier molecular flexibility index (Phi) is 7.58.